The van der Waals surface area contributed by atoms with Crippen molar-refractivity contribution in [3.63, 3.8) is 0 Å². The number of para-hydroxylation sites is 1. The largest absolute Gasteiger partial charge is 0.324 e. The molecule has 0 aliphatic carbocycles. The van der Waals surface area contributed by atoms with E-state index < -0.39 is 0 Å². The summed E-state index contributed by atoms with van der Waals surface area (Å²) in [5, 5.41) is 3.93. The predicted octanol–water partition coefficient (Wildman–Crippen LogP) is 4.88. The van der Waals surface area contributed by atoms with Gasteiger partial charge in [-0.15, -0.1) is 11.8 Å². The molecule has 0 aliphatic heterocycles. The van der Waals surface area contributed by atoms with Crippen LogP contribution in [0.25, 0.3) is 10.9 Å². The summed E-state index contributed by atoms with van der Waals surface area (Å²) in [5.74, 6) is 0.558. The number of hydrogen-bond donors (Lipinski definition) is 1. The molecule has 1 N–H and O–H groups in total. The maximum atomic E-state index is 12.8. The second-order valence-electron chi connectivity index (χ2n) is 5.33. The highest BCUT2D eigenvalue weighted by molar-refractivity contribution is 7.99. The number of nitrogens with zero attached hydrogens (tertiary/aromatic N) is 1. The van der Waals surface area contributed by atoms with Crippen LogP contribution in [0, 0.1) is 5.82 Å². The van der Waals surface area contributed by atoms with E-state index in [0.717, 1.165) is 33.7 Å². The van der Waals surface area contributed by atoms with Gasteiger partial charge >= 0.3 is 0 Å². The molecule has 2 aromatic carbocycles. The number of anilines is 1. The topological polar surface area (TPSA) is 42.0 Å². The van der Waals surface area contributed by atoms with Gasteiger partial charge in [-0.3, -0.25) is 9.78 Å². The Morgan fingerprint density at radius 3 is 2.71 bits per heavy atom. The van der Waals surface area contributed by atoms with E-state index in [1.165, 1.54) is 12.1 Å². The summed E-state index contributed by atoms with van der Waals surface area (Å²) in [6.45, 7) is 0. The third-order valence-corrected chi connectivity index (χ3v) is 4.64. The third-order valence-electron chi connectivity index (χ3n) is 3.54. The molecule has 24 heavy (non-hydrogen) atoms. The number of aromatic nitrogens is 1. The molecule has 0 fully saturated rings. The van der Waals surface area contributed by atoms with Crippen molar-refractivity contribution in [3.8, 4) is 0 Å². The van der Waals surface area contributed by atoms with Crippen molar-refractivity contribution >= 4 is 34.3 Å². The Bertz CT molecular complexity index is 831. The number of fused-ring (bicyclic) bond motifs is 1. The Morgan fingerprint density at radius 1 is 1.08 bits per heavy atom. The van der Waals surface area contributed by atoms with E-state index in [9.17, 15) is 9.18 Å². The van der Waals surface area contributed by atoms with E-state index >= 15 is 0 Å². The molecule has 3 aromatic rings. The average molecular weight is 340 g/mol. The molecule has 0 saturated heterocycles. The molecule has 1 amide bonds. The number of thioether (sulfide) groups is 1. The molecule has 122 valence electrons. The number of hydrogen-bond acceptors (Lipinski definition) is 3. The van der Waals surface area contributed by atoms with E-state index in [-0.39, 0.29) is 11.7 Å². The first-order chi connectivity index (χ1) is 11.7. The quantitative estimate of drug-likeness (QED) is 0.513. The average Bonchev–Trinajstić information content (AvgIpc) is 2.61. The molecule has 0 radical (unpaired) electrons. The van der Waals surface area contributed by atoms with E-state index in [0.29, 0.717) is 6.42 Å². The standard InChI is InChI=1S/C19H17FN2OS/c20-15-8-10-16(11-9-15)24-13-3-7-18(23)22-17-6-1-4-14-5-2-12-21-19(14)17/h1-2,4-6,8-12H,3,7,13H2,(H,22,23). The fraction of sp³-hybridized carbons (Fsp3) is 0.158. The van der Waals surface area contributed by atoms with Gasteiger partial charge in [-0.05, 0) is 48.6 Å². The highest BCUT2D eigenvalue weighted by Crippen LogP contribution is 2.22. The Labute approximate surface area is 144 Å². The van der Waals surface area contributed by atoms with Gasteiger partial charge in [0.25, 0.3) is 0 Å². The minimum atomic E-state index is -0.234. The van der Waals surface area contributed by atoms with Crippen LogP contribution in [0.3, 0.4) is 0 Å². The second kappa shape index (κ2) is 7.93. The second-order valence-corrected chi connectivity index (χ2v) is 6.50. The highest BCUT2D eigenvalue weighted by Gasteiger charge is 2.06. The van der Waals surface area contributed by atoms with Crippen LogP contribution in [0.15, 0.2) is 65.7 Å². The van der Waals surface area contributed by atoms with E-state index in [1.54, 1.807) is 30.1 Å². The molecule has 0 unspecified atom stereocenters. The fourth-order valence-corrected chi connectivity index (χ4v) is 3.22. The normalized spacial score (nSPS) is 10.7. The van der Waals surface area contributed by atoms with Gasteiger partial charge in [0.05, 0.1) is 11.2 Å². The van der Waals surface area contributed by atoms with Crippen molar-refractivity contribution in [1.82, 2.24) is 4.98 Å². The van der Waals surface area contributed by atoms with Gasteiger partial charge in [-0.25, -0.2) is 4.39 Å². The zero-order valence-corrected chi connectivity index (χ0v) is 13.9. The molecule has 0 atom stereocenters. The van der Waals surface area contributed by atoms with E-state index in [4.69, 9.17) is 0 Å². The van der Waals surface area contributed by atoms with Crippen LogP contribution in [0.5, 0.6) is 0 Å². The van der Waals surface area contributed by atoms with Gasteiger partial charge in [0.15, 0.2) is 0 Å². The molecule has 5 heteroatoms. The molecule has 1 heterocycles. The molecule has 1 aromatic heterocycles. The number of rotatable bonds is 6. The molecule has 3 rings (SSSR count). The lowest BCUT2D eigenvalue weighted by atomic mass is 10.2. The summed E-state index contributed by atoms with van der Waals surface area (Å²) >= 11 is 1.62. The molecular formula is C19H17FN2OS. The van der Waals surface area contributed by atoms with Gasteiger partial charge in [-0.2, -0.15) is 0 Å². The monoisotopic (exact) mass is 340 g/mol. The van der Waals surface area contributed by atoms with E-state index in [2.05, 4.69) is 10.3 Å². The Hall–Kier alpha value is -2.40. The maximum absolute atomic E-state index is 12.8. The van der Waals surface area contributed by atoms with Crippen molar-refractivity contribution in [2.75, 3.05) is 11.1 Å². The number of amides is 1. The maximum Gasteiger partial charge on any atom is 0.224 e. The molecule has 0 bridgehead atoms. The van der Waals surface area contributed by atoms with E-state index in [1.807, 2.05) is 30.3 Å². The summed E-state index contributed by atoms with van der Waals surface area (Å²) in [6, 6.07) is 16.0. The SMILES string of the molecule is O=C(CCCSc1ccc(F)cc1)Nc1cccc2cccnc12. The van der Waals surface area contributed by atoms with Crippen molar-refractivity contribution in [1.29, 1.82) is 0 Å². The first-order valence-electron chi connectivity index (χ1n) is 7.74. The Kier molecular flexibility index (Phi) is 5.43. The summed E-state index contributed by atoms with van der Waals surface area (Å²) in [6.07, 6.45) is 2.92. The van der Waals surface area contributed by atoms with Crippen LogP contribution in [-0.2, 0) is 4.79 Å². The van der Waals surface area contributed by atoms with Gasteiger partial charge in [0.2, 0.25) is 5.91 Å². The van der Waals surface area contributed by atoms with Gasteiger partial charge < -0.3 is 5.32 Å². The smallest absolute Gasteiger partial charge is 0.224 e. The first-order valence-corrected chi connectivity index (χ1v) is 8.73. The van der Waals surface area contributed by atoms with Crippen molar-refractivity contribution in [2.24, 2.45) is 0 Å². The number of halogens is 1. The minimum absolute atomic E-state index is 0.0205. The Morgan fingerprint density at radius 2 is 1.88 bits per heavy atom. The predicted molar refractivity (Wildman–Crippen MR) is 96.7 cm³/mol. The molecule has 0 spiro atoms. The highest BCUT2D eigenvalue weighted by atomic mass is 32.2. The van der Waals surface area contributed by atoms with Crippen LogP contribution in [-0.4, -0.2) is 16.6 Å². The molecule has 0 saturated carbocycles. The van der Waals surface area contributed by atoms with Crippen molar-refractivity contribution < 1.29 is 9.18 Å². The third kappa shape index (κ3) is 4.32. The number of benzene rings is 2. The van der Waals surface area contributed by atoms with Crippen LogP contribution in [0.2, 0.25) is 0 Å². The number of carbonyl (C=O) groups is 1. The van der Waals surface area contributed by atoms with Crippen LogP contribution in [0.1, 0.15) is 12.8 Å². The van der Waals surface area contributed by atoms with Crippen LogP contribution < -0.4 is 5.32 Å². The number of pyridine rings is 1. The lowest BCUT2D eigenvalue weighted by molar-refractivity contribution is -0.116. The van der Waals surface area contributed by atoms with Crippen LogP contribution in [0.4, 0.5) is 10.1 Å². The summed E-state index contributed by atoms with van der Waals surface area (Å²) in [4.78, 5) is 17.5. The number of nitrogens with one attached hydrogen (secondary N) is 1. The fourth-order valence-electron chi connectivity index (χ4n) is 2.37. The zero-order chi connectivity index (χ0) is 16.8. The minimum Gasteiger partial charge on any atom is -0.324 e. The number of carbonyl (C=O) groups excluding carboxylic acids is 1. The molecule has 0 aliphatic rings. The zero-order valence-electron chi connectivity index (χ0n) is 13.0. The lowest BCUT2D eigenvalue weighted by Gasteiger charge is -2.08. The van der Waals surface area contributed by atoms with Crippen molar-refractivity contribution in [3.05, 3.63) is 66.6 Å². The first kappa shape index (κ1) is 16.5. The van der Waals surface area contributed by atoms with Gasteiger partial charge in [-0.1, -0.05) is 18.2 Å². The van der Waals surface area contributed by atoms with Crippen molar-refractivity contribution in [2.45, 2.75) is 17.7 Å². The summed E-state index contributed by atoms with van der Waals surface area (Å²) in [7, 11) is 0. The molecular weight excluding hydrogens is 323 g/mol. The summed E-state index contributed by atoms with van der Waals surface area (Å²) in [5.41, 5.74) is 1.54. The van der Waals surface area contributed by atoms with Gasteiger partial charge in [0, 0.05) is 22.9 Å². The lowest BCUT2D eigenvalue weighted by Crippen LogP contribution is -2.12. The van der Waals surface area contributed by atoms with Gasteiger partial charge in [0.1, 0.15) is 5.82 Å². The van der Waals surface area contributed by atoms with Crippen LogP contribution >= 0.6 is 11.8 Å². The summed E-state index contributed by atoms with van der Waals surface area (Å²) < 4.78 is 12.8. The Balaban J connectivity index is 1.49. The molecule has 3 nitrogen and oxygen atoms in total.